The lowest BCUT2D eigenvalue weighted by Crippen LogP contribution is -2.21. The number of hydrogen-bond acceptors (Lipinski definition) is 1. The molecule has 0 saturated heterocycles. The molecule has 1 aliphatic carbocycles. The Bertz CT molecular complexity index is 364. The fourth-order valence-corrected chi connectivity index (χ4v) is 3.21. The summed E-state index contributed by atoms with van der Waals surface area (Å²) in [5.41, 5.74) is 5.54. The van der Waals surface area contributed by atoms with Crippen molar-refractivity contribution in [2.75, 3.05) is 5.32 Å². The Labute approximate surface area is 112 Å². The van der Waals surface area contributed by atoms with Crippen LogP contribution >= 0.6 is 0 Å². The normalized spacial score (nSPS) is 18.2. The largest absolute Gasteiger partial charge is 0.382 e. The van der Waals surface area contributed by atoms with E-state index in [1.807, 2.05) is 0 Å². The monoisotopic (exact) mass is 245 g/mol. The second-order valence-electron chi connectivity index (χ2n) is 5.96. The summed E-state index contributed by atoms with van der Waals surface area (Å²) in [7, 11) is 0. The summed E-state index contributed by atoms with van der Waals surface area (Å²) in [6.07, 6.45) is 9.74. The van der Waals surface area contributed by atoms with E-state index in [0.29, 0.717) is 6.04 Å². The van der Waals surface area contributed by atoms with Gasteiger partial charge in [0, 0.05) is 11.7 Å². The molecular formula is C17H27N. The molecule has 1 fully saturated rings. The molecule has 1 saturated carbocycles. The summed E-state index contributed by atoms with van der Waals surface area (Å²) in [6, 6.07) is 5.27. The Morgan fingerprint density at radius 3 is 1.89 bits per heavy atom. The van der Waals surface area contributed by atoms with Crippen molar-refractivity contribution >= 4 is 5.69 Å². The van der Waals surface area contributed by atoms with Gasteiger partial charge in [0.15, 0.2) is 0 Å². The van der Waals surface area contributed by atoms with Gasteiger partial charge in [-0.2, -0.15) is 0 Å². The molecule has 0 radical (unpaired) electrons. The van der Waals surface area contributed by atoms with Crippen molar-refractivity contribution in [1.29, 1.82) is 0 Å². The van der Waals surface area contributed by atoms with Crippen LogP contribution in [0.25, 0.3) is 0 Å². The molecule has 0 aromatic heterocycles. The Morgan fingerprint density at radius 1 is 0.833 bits per heavy atom. The fraction of sp³-hybridized carbons (Fsp3) is 0.647. The quantitative estimate of drug-likeness (QED) is 0.761. The van der Waals surface area contributed by atoms with Crippen molar-refractivity contribution in [3.05, 3.63) is 28.8 Å². The van der Waals surface area contributed by atoms with Crippen molar-refractivity contribution < 1.29 is 0 Å². The van der Waals surface area contributed by atoms with Gasteiger partial charge in [-0.05, 0) is 44.7 Å². The summed E-state index contributed by atoms with van der Waals surface area (Å²) < 4.78 is 0. The van der Waals surface area contributed by atoms with Gasteiger partial charge in [0.25, 0.3) is 0 Å². The molecule has 0 heterocycles. The SMILES string of the molecule is Cc1cc(C)c(NC2CCCCCCC2)c(C)c1. The van der Waals surface area contributed by atoms with Crippen LogP contribution in [-0.2, 0) is 0 Å². The average molecular weight is 245 g/mol. The minimum atomic E-state index is 0.686. The minimum absolute atomic E-state index is 0.686. The zero-order valence-corrected chi connectivity index (χ0v) is 12.2. The maximum Gasteiger partial charge on any atom is 0.0401 e. The number of nitrogens with one attached hydrogen (secondary N) is 1. The third kappa shape index (κ3) is 3.51. The highest BCUT2D eigenvalue weighted by molar-refractivity contribution is 5.58. The molecule has 1 nitrogen and oxygen atoms in total. The van der Waals surface area contributed by atoms with Gasteiger partial charge >= 0.3 is 0 Å². The predicted molar refractivity (Wildman–Crippen MR) is 80.4 cm³/mol. The van der Waals surface area contributed by atoms with Crippen LogP contribution in [0, 0.1) is 20.8 Å². The molecule has 1 N–H and O–H groups in total. The van der Waals surface area contributed by atoms with Crippen LogP contribution in [-0.4, -0.2) is 6.04 Å². The van der Waals surface area contributed by atoms with E-state index in [0.717, 1.165) is 0 Å². The summed E-state index contributed by atoms with van der Waals surface area (Å²) in [4.78, 5) is 0. The first-order valence-electron chi connectivity index (χ1n) is 7.51. The average Bonchev–Trinajstić information content (AvgIpc) is 2.25. The lowest BCUT2D eigenvalue weighted by Gasteiger charge is -2.24. The van der Waals surface area contributed by atoms with Gasteiger partial charge < -0.3 is 5.32 Å². The first-order chi connectivity index (χ1) is 8.66. The van der Waals surface area contributed by atoms with Crippen molar-refractivity contribution in [2.45, 2.75) is 71.8 Å². The topological polar surface area (TPSA) is 12.0 Å². The molecule has 0 unspecified atom stereocenters. The van der Waals surface area contributed by atoms with Crippen LogP contribution in [0.5, 0.6) is 0 Å². The molecule has 2 rings (SSSR count). The molecule has 0 atom stereocenters. The maximum atomic E-state index is 3.81. The molecule has 0 spiro atoms. The molecule has 1 heteroatoms. The first-order valence-corrected chi connectivity index (χ1v) is 7.51. The van der Waals surface area contributed by atoms with Gasteiger partial charge in [0.1, 0.15) is 0 Å². The van der Waals surface area contributed by atoms with E-state index in [-0.39, 0.29) is 0 Å². The van der Waals surface area contributed by atoms with E-state index in [2.05, 4.69) is 38.2 Å². The Balaban J connectivity index is 2.07. The van der Waals surface area contributed by atoms with E-state index < -0.39 is 0 Å². The second kappa shape index (κ2) is 6.26. The number of hydrogen-bond donors (Lipinski definition) is 1. The summed E-state index contributed by atoms with van der Waals surface area (Å²) in [5.74, 6) is 0. The third-order valence-electron chi connectivity index (χ3n) is 4.13. The number of rotatable bonds is 2. The van der Waals surface area contributed by atoms with Crippen LogP contribution in [0.1, 0.15) is 61.6 Å². The summed E-state index contributed by atoms with van der Waals surface area (Å²) in [6.45, 7) is 6.64. The van der Waals surface area contributed by atoms with Crippen LogP contribution in [0.4, 0.5) is 5.69 Å². The smallest absolute Gasteiger partial charge is 0.0401 e. The van der Waals surface area contributed by atoms with E-state index in [1.165, 1.54) is 67.3 Å². The predicted octanol–water partition coefficient (Wildman–Crippen LogP) is 5.14. The minimum Gasteiger partial charge on any atom is -0.382 e. The van der Waals surface area contributed by atoms with Crippen molar-refractivity contribution in [3.8, 4) is 0 Å². The van der Waals surface area contributed by atoms with E-state index in [4.69, 9.17) is 0 Å². The fourth-order valence-electron chi connectivity index (χ4n) is 3.21. The van der Waals surface area contributed by atoms with E-state index >= 15 is 0 Å². The van der Waals surface area contributed by atoms with Gasteiger partial charge in [-0.3, -0.25) is 0 Å². The second-order valence-corrected chi connectivity index (χ2v) is 5.96. The van der Waals surface area contributed by atoms with Crippen molar-refractivity contribution in [1.82, 2.24) is 0 Å². The molecule has 1 aliphatic rings. The van der Waals surface area contributed by atoms with Crippen molar-refractivity contribution in [3.63, 3.8) is 0 Å². The van der Waals surface area contributed by atoms with Crippen LogP contribution in [0.3, 0.4) is 0 Å². The highest BCUT2D eigenvalue weighted by atomic mass is 14.9. The van der Waals surface area contributed by atoms with Crippen LogP contribution in [0.2, 0.25) is 0 Å². The third-order valence-corrected chi connectivity index (χ3v) is 4.13. The van der Waals surface area contributed by atoms with Gasteiger partial charge in [-0.15, -0.1) is 0 Å². The Morgan fingerprint density at radius 2 is 1.33 bits per heavy atom. The highest BCUT2D eigenvalue weighted by Gasteiger charge is 2.13. The number of anilines is 1. The number of aryl methyl sites for hydroxylation is 3. The zero-order valence-electron chi connectivity index (χ0n) is 12.2. The lowest BCUT2D eigenvalue weighted by molar-refractivity contribution is 0.471. The van der Waals surface area contributed by atoms with Gasteiger partial charge in [-0.25, -0.2) is 0 Å². The van der Waals surface area contributed by atoms with Crippen molar-refractivity contribution in [2.24, 2.45) is 0 Å². The van der Waals surface area contributed by atoms with E-state index in [9.17, 15) is 0 Å². The standard InChI is InChI=1S/C17H27N/c1-13-11-14(2)17(15(3)12-13)18-16-9-7-5-4-6-8-10-16/h11-12,16,18H,4-10H2,1-3H3. The van der Waals surface area contributed by atoms with Gasteiger partial charge in [0.2, 0.25) is 0 Å². The summed E-state index contributed by atoms with van der Waals surface area (Å²) >= 11 is 0. The van der Waals surface area contributed by atoms with Crippen LogP contribution < -0.4 is 5.32 Å². The molecule has 100 valence electrons. The van der Waals surface area contributed by atoms with Crippen LogP contribution in [0.15, 0.2) is 12.1 Å². The van der Waals surface area contributed by atoms with Gasteiger partial charge in [-0.1, -0.05) is 49.8 Å². The van der Waals surface area contributed by atoms with E-state index in [1.54, 1.807) is 0 Å². The molecule has 1 aromatic carbocycles. The molecular weight excluding hydrogens is 218 g/mol. The zero-order chi connectivity index (χ0) is 13.0. The first kappa shape index (κ1) is 13.5. The molecule has 0 aliphatic heterocycles. The highest BCUT2D eigenvalue weighted by Crippen LogP contribution is 2.26. The molecule has 0 amide bonds. The molecule has 0 bridgehead atoms. The molecule has 1 aromatic rings. The Kier molecular flexibility index (Phi) is 4.68. The summed E-state index contributed by atoms with van der Waals surface area (Å²) in [5, 5.41) is 3.81. The van der Waals surface area contributed by atoms with Gasteiger partial charge in [0.05, 0.1) is 0 Å². The lowest BCUT2D eigenvalue weighted by atomic mass is 9.95. The maximum absolute atomic E-state index is 3.81. The number of benzene rings is 1. The molecule has 18 heavy (non-hydrogen) atoms. The Hall–Kier alpha value is -0.980.